The van der Waals surface area contributed by atoms with Crippen molar-refractivity contribution in [3.8, 4) is 0 Å². The lowest BCUT2D eigenvalue weighted by Gasteiger charge is -2.16. The second kappa shape index (κ2) is 10.5. The Morgan fingerprint density at radius 2 is 1.59 bits per heavy atom. The third-order valence-electron chi connectivity index (χ3n) is 4.38. The molecule has 5 nitrogen and oxygen atoms in total. The number of rotatable bonds is 5. The van der Waals surface area contributed by atoms with E-state index in [1.165, 1.54) is 0 Å². The van der Waals surface area contributed by atoms with Crippen LogP contribution < -0.4 is 15.5 Å². The van der Waals surface area contributed by atoms with E-state index in [0.29, 0.717) is 19.5 Å². The number of nitrogens with zero attached hydrogens (tertiary/aromatic N) is 2. The molecule has 3 rings (SSSR count). The van der Waals surface area contributed by atoms with Crippen molar-refractivity contribution in [3.05, 3.63) is 64.7 Å². The maximum Gasteiger partial charge on any atom is 0.227 e. The Balaban J connectivity index is 0.00000261. The second-order valence-electron chi connectivity index (χ2n) is 6.22. The van der Waals surface area contributed by atoms with Crippen molar-refractivity contribution in [1.82, 2.24) is 10.6 Å². The monoisotopic (exact) mass is 498 g/mol. The van der Waals surface area contributed by atoms with Gasteiger partial charge in [-0.1, -0.05) is 35.9 Å². The largest absolute Gasteiger partial charge is 0.352 e. The third kappa shape index (κ3) is 6.10. The summed E-state index contributed by atoms with van der Waals surface area (Å²) < 4.78 is 0. The van der Waals surface area contributed by atoms with Gasteiger partial charge in [0.1, 0.15) is 0 Å². The molecule has 7 heteroatoms. The maximum atomic E-state index is 11.8. The summed E-state index contributed by atoms with van der Waals surface area (Å²) in [6, 6.07) is 15.8. The second-order valence-corrected chi connectivity index (χ2v) is 6.66. The number of guanidine groups is 1. The highest BCUT2D eigenvalue weighted by Gasteiger charge is 2.21. The molecule has 1 aliphatic heterocycles. The summed E-state index contributed by atoms with van der Waals surface area (Å²) >= 11 is 5.90. The van der Waals surface area contributed by atoms with E-state index in [1.54, 1.807) is 7.05 Å². The first kappa shape index (κ1) is 21.5. The fourth-order valence-corrected chi connectivity index (χ4v) is 3.04. The predicted molar refractivity (Wildman–Crippen MR) is 122 cm³/mol. The molecular formula is C20H24ClIN4O. The first-order chi connectivity index (χ1) is 12.7. The summed E-state index contributed by atoms with van der Waals surface area (Å²) in [5.41, 5.74) is 3.24. The van der Waals surface area contributed by atoms with Gasteiger partial charge in [0, 0.05) is 43.8 Å². The Morgan fingerprint density at radius 3 is 2.07 bits per heavy atom. The molecule has 1 heterocycles. The Hall–Kier alpha value is -1.80. The van der Waals surface area contributed by atoms with Gasteiger partial charge in [-0.2, -0.15) is 0 Å². The Labute approximate surface area is 182 Å². The Kier molecular flexibility index (Phi) is 8.37. The van der Waals surface area contributed by atoms with Crippen LogP contribution in [0, 0.1) is 0 Å². The highest BCUT2D eigenvalue weighted by molar-refractivity contribution is 14.0. The molecule has 0 aromatic heterocycles. The van der Waals surface area contributed by atoms with Crippen LogP contribution in [0.4, 0.5) is 5.69 Å². The summed E-state index contributed by atoms with van der Waals surface area (Å²) in [6.45, 7) is 2.15. The van der Waals surface area contributed by atoms with Crippen LogP contribution in [0.3, 0.4) is 0 Å². The van der Waals surface area contributed by atoms with E-state index >= 15 is 0 Å². The number of carbonyl (C=O) groups is 1. The molecule has 0 atom stereocenters. The fourth-order valence-electron chi connectivity index (χ4n) is 2.91. The molecule has 2 aromatic rings. The van der Waals surface area contributed by atoms with Crippen molar-refractivity contribution in [1.29, 1.82) is 0 Å². The van der Waals surface area contributed by atoms with Crippen LogP contribution >= 0.6 is 35.6 Å². The van der Waals surface area contributed by atoms with Gasteiger partial charge in [0.25, 0.3) is 0 Å². The van der Waals surface area contributed by atoms with Crippen LogP contribution in [0.25, 0.3) is 0 Å². The number of hydrogen-bond acceptors (Lipinski definition) is 2. The average molecular weight is 499 g/mol. The number of nitrogens with one attached hydrogen (secondary N) is 2. The molecule has 0 bridgehead atoms. The molecule has 2 N–H and O–H groups in total. The molecule has 1 amide bonds. The quantitative estimate of drug-likeness (QED) is 0.373. The number of amides is 1. The van der Waals surface area contributed by atoms with Gasteiger partial charge in [-0.15, -0.1) is 24.0 Å². The van der Waals surface area contributed by atoms with Crippen molar-refractivity contribution >= 4 is 53.1 Å². The van der Waals surface area contributed by atoms with Gasteiger partial charge in [0.15, 0.2) is 5.96 Å². The minimum Gasteiger partial charge on any atom is -0.352 e. The molecule has 2 aromatic carbocycles. The minimum atomic E-state index is 0. The van der Waals surface area contributed by atoms with Gasteiger partial charge < -0.3 is 15.5 Å². The van der Waals surface area contributed by atoms with Crippen LogP contribution in [0.1, 0.15) is 24.0 Å². The topological polar surface area (TPSA) is 56.7 Å². The number of hydrogen-bond donors (Lipinski definition) is 2. The maximum absolute atomic E-state index is 11.8. The minimum absolute atomic E-state index is 0. The van der Waals surface area contributed by atoms with E-state index in [9.17, 15) is 4.79 Å². The molecule has 0 unspecified atom stereocenters. The molecule has 144 valence electrons. The number of carbonyl (C=O) groups excluding carboxylic acids is 1. The third-order valence-corrected chi connectivity index (χ3v) is 4.63. The Morgan fingerprint density at radius 1 is 1.04 bits per heavy atom. The molecular weight excluding hydrogens is 475 g/mol. The lowest BCUT2D eigenvalue weighted by atomic mass is 10.2. The van der Waals surface area contributed by atoms with Gasteiger partial charge >= 0.3 is 0 Å². The van der Waals surface area contributed by atoms with Crippen LogP contribution in [-0.2, 0) is 17.9 Å². The van der Waals surface area contributed by atoms with Crippen molar-refractivity contribution < 1.29 is 4.79 Å². The number of benzene rings is 2. The average Bonchev–Trinajstić information content (AvgIpc) is 3.10. The van der Waals surface area contributed by atoms with Gasteiger partial charge in [-0.25, -0.2) is 0 Å². The van der Waals surface area contributed by atoms with Crippen LogP contribution in [0.2, 0.25) is 5.02 Å². The van der Waals surface area contributed by atoms with Crippen molar-refractivity contribution in [3.63, 3.8) is 0 Å². The molecule has 1 fully saturated rings. The van der Waals surface area contributed by atoms with Gasteiger partial charge in [-0.05, 0) is 41.8 Å². The summed E-state index contributed by atoms with van der Waals surface area (Å²) in [5.74, 6) is 0.946. The Bertz CT molecular complexity index is 778. The van der Waals surface area contributed by atoms with Gasteiger partial charge in [0.2, 0.25) is 5.91 Å². The first-order valence-electron chi connectivity index (χ1n) is 8.74. The van der Waals surface area contributed by atoms with Crippen LogP contribution in [-0.4, -0.2) is 25.5 Å². The normalized spacial score (nSPS) is 14.1. The molecule has 27 heavy (non-hydrogen) atoms. The zero-order chi connectivity index (χ0) is 18.4. The molecule has 1 saturated heterocycles. The number of aliphatic imine (C=N–C) groups is 1. The molecule has 1 aliphatic rings. The van der Waals surface area contributed by atoms with Crippen molar-refractivity contribution in [2.24, 2.45) is 4.99 Å². The first-order valence-corrected chi connectivity index (χ1v) is 9.12. The van der Waals surface area contributed by atoms with E-state index in [-0.39, 0.29) is 29.9 Å². The summed E-state index contributed by atoms with van der Waals surface area (Å²) in [7, 11) is 1.75. The highest BCUT2D eigenvalue weighted by Crippen LogP contribution is 2.21. The van der Waals surface area contributed by atoms with Crippen LogP contribution in [0.15, 0.2) is 53.5 Å². The lowest BCUT2D eigenvalue weighted by Crippen LogP contribution is -2.36. The fraction of sp³-hybridized carbons (Fsp3) is 0.300. The molecule has 0 radical (unpaired) electrons. The summed E-state index contributed by atoms with van der Waals surface area (Å²) in [4.78, 5) is 17.9. The number of anilines is 1. The van der Waals surface area contributed by atoms with Crippen molar-refractivity contribution in [2.75, 3.05) is 18.5 Å². The predicted octanol–water partition coefficient (Wildman–Crippen LogP) is 3.95. The van der Waals surface area contributed by atoms with E-state index in [2.05, 4.69) is 15.6 Å². The van der Waals surface area contributed by atoms with E-state index in [4.69, 9.17) is 11.6 Å². The zero-order valence-electron chi connectivity index (χ0n) is 15.2. The molecule has 0 aliphatic carbocycles. The summed E-state index contributed by atoms with van der Waals surface area (Å²) in [5, 5.41) is 7.31. The highest BCUT2D eigenvalue weighted by atomic mass is 127. The standard InChI is InChI=1S/C20H23ClN4O.HI/c1-22-20(23-13-15-4-8-17(21)9-5-15)24-14-16-6-10-18(11-7-16)25-12-2-3-19(25)26;/h4-11H,2-3,12-14H2,1H3,(H2,22,23,24);1H. The number of halogens is 2. The summed E-state index contributed by atoms with van der Waals surface area (Å²) in [6.07, 6.45) is 1.59. The SMILES string of the molecule is CN=C(NCc1ccc(Cl)cc1)NCc1ccc(N2CCCC2=O)cc1.I. The van der Waals surface area contributed by atoms with E-state index in [1.807, 2.05) is 53.4 Å². The molecule has 0 saturated carbocycles. The van der Waals surface area contributed by atoms with Crippen LogP contribution in [0.5, 0.6) is 0 Å². The van der Waals surface area contributed by atoms with E-state index in [0.717, 1.165) is 40.8 Å². The van der Waals surface area contributed by atoms with Gasteiger partial charge in [0.05, 0.1) is 0 Å². The van der Waals surface area contributed by atoms with Crippen molar-refractivity contribution in [2.45, 2.75) is 25.9 Å². The zero-order valence-corrected chi connectivity index (χ0v) is 18.3. The van der Waals surface area contributed by atoms with Gasteiger partial charge in [-0.3, -0.25) is 9.79 Å². The smallest absolute Gasteiger partial charge is 0.227 e. The molecule has 0 spiro atoms. The lowest BCUT2D eigenvalue weighted by molar-refractivity contribution is -0.117. The van der Waals surface area contributed by atoms with E-state index < -0.39 is 0 Å².